The van der Waals surface area contributed by atoms with Crippen LogP contribution in [0.3, 0.4) is 0 Å². The molecule has 0 aromatic heterocycles. The highest BCUT2D eigenvalue weighted by molar-refractivity contribution is 5.96. The summed E-state index contributed by atoms with van der Waals surface area (Å²) in [5.41, 5.74) is 0.876. The highest BCUT2D eigenvalue weighted by Crippen LogP contribution is 2.12. The maximum absolute atomic E-state index is 12.0. The fraction of sp³-hybridized carbons (Fsp3) is 0.250. The van der Waals surface area contributed by atoms with Gasteiger partial charge in [0.05, 0.1) is 4.92 Å². The molecule has 0 aliphatic rings. The summed E-state index contributed by atoms with van der Waals surface area (Å²) in [6.45, 7) is 1.36. The number of nitrogens with zero attached hydrogens (tertiary/aromatic N) is 1. The van der Waals surface area contributed by atoms with Gasteiger partial charge < -0.3 is 15.4 Å². The van der Waals surface area contributed by atoms with Crippen LogP contribution in [0.25, 0.3) is 0 Å². The Labute approximate surface area is 167 Å². The Balaban J connectivity index is 1.73. The Morgan fingerprint density at radius 2 is 1.79 bits per heavy atom. The number of carbonyl (C=O) groups is 3. The highest BCUT2D eigenvalue weighted by atomic mass is 16.6. The molecular weight excluding hydrogens is 378 g/mol. The number of amides is 2. The number of benzene rings is 2. The molecule has 0 heterocycles. The number of nitro groups is 1. The zero-order valence-corrected chi connectivity index (χ0v) is 15.8. The number of esters is 1. The van der Waals surface area contributed by atoms with Crippen molar-refractivity contribution in [3.8, 4) is 0 Å². The van der Waals surface area contributed by atoms with Gasteiger partial charge >= 0.3 is 5.97 Å². The number of hydrogen-bond acceptors (Lipinski definition) is 6. The van der Waals surface area contributed by atoms with Crippen LogP contribution in [0.15, 0.2) is 54.6 Å². The molecule has 9 nitrogen and oxygen atoms in total. The molecular formula is C20H21N3O6. The summed E-state index contributed by atoms with van der Waals surface area (Å²) in [7, 11) is 0. The first-order valence-corrected chi connectivity index (χ1v) is 8.90. The van der Waals surface area contributed by atoms with Crippen LogP contribution in [0.4, 0.5) is 5.69 Å². The zero-order valence-electron chi connectivity index (χ0n) is 15.8. The van der Waals surface area contributed by atoms with Crippen LogP contribution in [-0.2, 0) is 20.7 Å². The van der Waals surface area contributed by atoms with E-state index in [1.165, 1.54) is 25.1 Å². The maximum atomic E-state index is 12.0. The standard InChI is InChI=1S/C20H21N3O6/c1-14(19(25)21-11-10-15-6-3-2-4-7-15)29-18(24)13-22-20(26)16-8-5-9-17(12-16)23(27)28/h2-9,12,14H,10-11,13H2,1H3,(H,21,25)(H,22,26). The molecule has 152 valence electrons. The van der Waals surface area contributed by atoms with Gasteiger partial charge in [0.1, 0.15) is 6.54 Å². The molecule has 2 aromatic rings. The van der Waals surface area contributed by atoms with Crippen molar-refractivity contribution in [1.29, 1.82) is 0 Å². The average molecular weight is 399 g/mol. The predicted octanol–water partition coefficient (Wildman–Crippen LogP) is 1.62. The first-order chi connectivity index (χ1) is 13.9. The monoisotopic (exact) mass is 399 g/mol. The molecule has 1 unspecified atom stereocenters. The van der Waals surface area contributed by atoms with Crippen LogP contribution in [-0.4, -0.2) is 41.9 Å². The largest absolute Gasteiger partial charge is 0.451 e. The smallest absolute Gasteiger partial charge is 0.326 e. The van der Waals surface area contributed by atoms with Crippen molar-refractivity contribution >= 4 is 23.5 Å². The van der Waals surface area contributed by atoms with E-state index in [0.717, 1.165) is 11.6 Å². The van der Waals surface area contributed by atoms with E-state index in [2.05, 4.69) is 10.6 Å². The van der Waals surface area contributed by atoms with E-state index in [0.29, 0.717) is 13.0 Å². The molecule has 0 aliphatic heterocycles. The molecule has 29 heavy (non-hydrogen) atoms. The molecule has 1 atom stereocenters. The van der Waals surface area contributed by atoms with Gasteiger partial charge in [-0.3, -0.25) is 24.5 Å². The van der Waals surface area contributed by atoms with Crippen molar-refractivity contribution in [2.24, 2.45) is 0 Å². The van der Waals surface area contributed by atoms with Gasteiger partial charge in [-0.1, -0.05) is 36.4 Å². The minimum atomic E-state index is -1.02. The summed E-state index contributed by atoms with van der Waals surface area (Å²) >= 11 is 0. The topological polar surface area (TPSA) is 128 Å². The Kier molecular flexibility index (Phi) is 7.84. The van der Waals surface area contributed by atoms with Crippen LogP contribution in [0.5, 0.6) is 0 Å². The summed E-state index contributed by atoms with van der Waals surface area (Å²) in [6.07, 6.45) is -0.375. The van der Waals surface area contributed by atoms with Crippen LogP contribution in [0, 0.1) is 10.1 Å². The van der Waals surface area contributed by atoms with Crippen molar-refractivity contribution < 1.29 is 24.0 Å². The Morgan fingerprint density at radius 1 is 1.07 bits per heavy atom. The van der Waals surface area contributed by atoms with Crippen molar-refractivity contribution in [3.63, 3.8) is 0 Å². The number of non-ortho nitro benzene ring substituents is 1. The zero-order chi connectivity index (χ0) is 21.2. The lowest BCUT2D eigenvalue weighted by molar-refractivity contribution is -0.384. The van der Waals surface area contributed by atoms with E-state index >= 15 is 0 Å². The normalized spacial score (nSPS) is 11.2. The summed E-state index contributed by atoms with van der Waals surface area (Å²) in [5, 5.41) is 15.7. The van der Waals surface area contributed by atoms with Gasteiger partial charge in [-0.05, 0) is 25.0 Å². The summed E-state index contributed by atoms with van der Waals surface area (Å²) in [6, 6.07) is 14.7. The second-order valence-corrected chi connectivity index (χ2v) is 6.15. The van der Waals surface area contributed by atoms with Crippen LogP contribution >= 0.6 is 0 Å². The molecule has 9 heteroatoms. The van der Waals surface area contributed by atoms with Crippen molar-refractivity contribution in [3.05, 3.63) is 75.8 Å². The van der Waals surface area contributed by atoms with E-state index < -0.39 is 35.4 Å². The van der Waals surface area contributed by atoms with E-state index in [4.69, 9.17) is 4.74 Å². The van der Waals surface area contributed by atoms with Gasteiger partial charge in [-0.15, -0.1) is 0 Å². The Morgan fingerprint density at radius 3 is 2.48 bits per heavy atom. The lowest BCUT2D eigenvalue weighted by Gasteiger charge is -2.14. The first-order valence-electron chi connectivity index (χ1n) is 8.90. The Bertz CT molecular complexity index is 885. The number of hydrogen-bond donors (Lipinski definition) is 2. The lowest BCUT2D eigenvalue weighted by atomic mass is 10.1. The quantitative estimate of drug-likeness (QED) is 0.375. The van der Waals surface area contributed by atoms with Crippen LogP contribution in [0.2, 0.25) is 0 Å². The minimum Gasteiger partial charge on any atom is -0.451 e. The summed E-state index contributed by atoms with van der Waals surface area (Å²) in [4.78, 5) is 46.0. The molecule has 0 bridgehead atoms. The maximum Gasteiger partial charge on any atom is 0.326 e. The van der Waals surface area contributed by atoms with Gasteiger partial charge in [0.25, 0.3) is 17.5 Å². The van der Waals surface area contributed by atoms with Gasteiger partial charge in [-0.25, -0.2) is 0 Å². The van der Waals surface area contributed by atoms with E-state index in [-0.39, 0.29) is 11.3 Å². The van der Waals surface area contributed by atoms with Gasteiger partial charge in [0, 0.05) is 24.2 Å². The average Bonchev–Trinajstić information content (AvgIpc) is 2.72. The fourth-order valence-electron chi connectivity index (χ4n) is 2.43. The molecule has 0 fully saturated rings. The molecule has 0 spiro atoms. The third kappa shape index (κ3) is 7.06. The van der Waals surface area contributed by atoms with E-state index in [9.17, 15) is 24.5 Å². The van der Waals surface area contributed by atoms with E-state index in [1.54, 1.807) is 0 Å². The third-order valence-electron chi connectivity index (χ3n) is 3.95. The van der Waals surface area contributed by atoms with Crippen LogP contribution in [0.1, 0.15) is 22.8 Å². The van der Waals surface area contributed by atoms with Gasteiger partial charge in [-0.2, -0.15) is 0 Å². The minimum absolute atomic E-state index is 0.0405. The number of ether oxygens (including phenoxy) is 1. The molecule has 0 saturated heterocycles. The summed E-state index contributed by atoms with van der Waals surface area (Å²) in [5.74, 6) is -1.90. The summed E-state index contributed by atoms with van der Waals surface area (Å²) < 4.78 is 4.99. The van der Waals surface area contributed by atoms with Gasteiger partial charge in [0.15, 0.2) is 6.10 Å². The SMILES string of the molecule is CC(OC(=O)CNC(=O)c1cccc([N+](=O)[O-])c1)C(=O)NCCc1ccccc1. The number of carbonyl (C=O) groups excluding carboxylic acids is 3. The molecule has 0 aliphatic carbocycles. The third-order valence-corrected chi connectivity index (χ3v) is 3.95. The molecule has 2 aromatic carbocycles. The van der Waals surface area contributed by atoms with Crippen molar-refractivity contribution in [2.45, 2.75) is 19.4 Å². The number of nitrogens with one attached hydrogen (secondary N) is 2. The molecule has 0 saturated carbocycles. The van der Waals surface area contributed by atoms with E-state index in [1.807, 2.05) is 30.3 Å². The lowest BCUT2D eigenvalue weighted by Crippen LogP contribution is -2.39. The number of rotatable bonds is 9. The van der Waals surface area contributed by atoms with Crippen LogP contribution < -0.4 is 10.6 Å². The predicted molar refractivity (Wildman–Crippen MR) is 104 cm³/mol. The number of nitro benzene ring substituents is 1. The second kappa shape index (κ2) is 10.5. The molecule has 2 amide bonds. The highest BCUT2D eigenvalue weighted by Gasteiger charge is 2.18. The Hall–Kier alpha value is -3.75. The first kappa shape index (κ1) is 21.5. The molecule has 2 N–H and O–H groups in total. The molecule has 0 radical (unpaired) electrons. The van der Waals surface area contributed by atoms with Gasteiger partial charge in [0.2, 0.25) is 0 Å². The second-order valence-electron chi connectivity index (χ2n) is 6.15. The van der Waals surface area contributed by atoms with Crippen molar-refractivity contribution in [1.82, 2.24) is 10.6 Å². The van der Waals surface area contributed by atoms with Crippen molar-refractivity contribution in [2.75, 3.05) is 13.1 Å². The fourth-order valence-corrected chi connectivity index (χ4v) is 2.43. The molecule has 2 rings (SSSR count).